The zero-order valence-corrected chi connectivity index (χ0v) is 10.8. The molecular weight excluding hydrogens is 272 g/mol. The number of hydrogen-bond donors (Lipinski definition) is 2. The molecule has 0 aromatic heterocycles. The van der Waals surface area contributed by atoms with Crippen molar-refractivity contribution in [1.82, 2.24) is 10.5 Å². The van der Waals surface area contributed by atoms with Crippen molar-refractivity contribution in [3.63, 3.8) is 0 Å². The van der Waals surface area contributed by atoms with E-state index in [1.165, 1.54) is 0 Å². The molecule has 20 heavy (non-hydrogen) atoms. The predicted molar refractivity (Wildman–Crippen MR) is 62.2 cm³/mol. The van der Waals surface area contributed by atoms with Crippen molar-refractivity contribution in [3.8, 4) is 0 Å². The van der Waals surface area contributed by atoms with Gasteiger partial charge in [0.15, 0.2) is 0 Å². The van der Waals surface area contributed by atoms with Gasteiger partial charge in [0.2, 0.25) is 5.91 Å². The van der Waals surface area contributed by atoms with Crippen LogP contribution < -0.4 is 5.48 Å². The fraction of sp³-hybridized carbons (Fsp3) is 0.636. The third kappa shape index (κ3) is 5.33. The Morgan fingerprint density at radius 3 is 2.45 bits per heavy atom. The van der Waals surface area contributed by atoms with Gasteiger partial charge >= 0.3 is 5.97 Å². The van der Waals surface area contributed by atoms with Crippen LogP contribution in [0.15, 0.2) is 0 Å². The van der Waals surface area contributed by atoms with Crippen molar-refractivity contribution in [2.24, 2.45) is 0 Å². The van der Waals surface area contributed by atoms with Crippen LogP contribution in [0.25, 0.3) is 0 Å². The molecule has 3 amide bonds. The maximum Gasteiger partial charge on any atom is 0.333 e. The van der Waals surface area contributed by atoms with E-state index in [1.807, 2.05) is 0 Å². The van der Waals surface area contributed by atoms with Crippen LogP contribution in [-0.4, -0.2) is 47.1 Å². The quantitative estimate of drug-likeness (QED) is 0.327. The highest BCUT2D eigenvalue weighted by atomic mass is 16.7. The van der Waals surface area contributed by atoms with Gasteiger partial charge in [0.05, 0.1) is 13.2 Å². The molecule has 0 bridgehead atoms. The van der Waals surface area contributed by atoms with E-state index >= 15 is 0 Å². The molecule has 1 heterocycles. The normalized spacial score (nSPS) is 14.6. The van der Waals surface area contributed by atoms with Crippen molar-refractivity contribution in [2.45, 2.75) is 32.1 Å². The van der Waals surface area contributed by atoms with Gasteiger partial charge in [-0.3, -0.25) is 19.2 Å². The number of aliphatic hydroxyl groups excluding tert-OH is 1. The number of aliphatic hydroxyl groups is 1. The molecule has 0 atom stereocenters. The van der Waals surface area contributed by atoms with E-state index in [-0.39, 0.29) is 45.3 Å². The fourth-order valence-corrected chi connectivity index (χ4v) is 1.43. The SMILES string of the molecule is O=C(CCCC(=O)ON1C(=O)CCC1=O)NOCCO. The van der Waals surface area contributed by atoms with Crippen LogP contribution in [0.2, 0.25) is 0 Å². The van der Waals surface area contributed by atoms with Crippen LogP contribution in [0, 0.1) is 0 Å². The summed E-state index contributed by atoms with van der Waals surface area (Å²) in [7, 11) is 0. The topological polar surface area (TPSA) is 122 Å². The molecule has 9 heteroatoms. The summed E-state index contributed by atoms with van der Waals surface area (Å²) < 4.78 is 0. The second-order valence-corrected chi connectivity index (χ2v) is 4.00. The van der Waals surface area contributed by atoms with Gasteiger partial charge < -0.3 is 9.94 Å². The zero-order chi connectivity index (χ0) is 15.0. The van der Waals surface area contributed by atoms with Gasteiger partial charge in [0.25, 0.3) is 11.8 Å². The number of nitrogens with zero attached hydrogens (tertiary/aromatic N) is 1. The first-order valence-electron chi connectivity index (χ1n) is 6.12. The Hall–Kier alpha value is -2.00. The minimum Gasteiger partial charge on any atom is -0.394 e. The van der Waals surface area contributed by atoms with Gasteiger partial charge in [0, 0.05) is 25.7 Å². The van der Waals surface area contributed by atoms with Crippen LogP contribution in [0.5, 0.6) is 0 Å². The molecule has 9 nitrogen and oxygen atoms in total. The molecule has 1 fully saturated rings. The van der Waals surface area contributed by atoms with Crippen LogP contribution in [-0.2, 0) is 28.9 Å². The number of hydrogen-bond acceptors (Lipinski definition) is 7. The van der Waals surface area contributed by atoms with Gasteiger partial charge in [-0.25, -0.2) is 10.3 Å². The summed E-state index contributed by atoms with van der Waals surface area (Å²) in [6.07, 6.45) is 0.170. The molecule has 0 aromatic rings. The summed E-state index contributed by atoms with van der Waals surface area (Å²) in [6, 6.07) is 0. The summed E-state index contributed by atoms with van der Waals surface area (Å²) in [4.78, 5) is 54.1. The van der Waals surface area contributed by atoms with Gasteiger partial charge in [0.1, 0.15) is 0 Å². The maximum absolute atomic E-state index is 11.4. The van der Waals surface area contributed by atoms with Gasteiger partial charge in [-0.05, 0) is 6.42 Å². The van der Waals surface area contributed by atoms with Crippen molar-refractivity contribution in [3.05, 3.63) is 0 Å². The standard InChI is InChI=1S/C11H16N2O7/c14-6-7-19-12-8(15)2-1-3-11(18)20-13-9(16)4-5-10(13)17/h14H,1-7H2,(H,12,15). The summed E-state index contributed by atoms with van der Waals surface area (Å²) in [5, 5.41) is 8.87. The van der Waals surface area contributed by atoms with E-state index in [4.69, 9.17) is 5.11 Å². The molecule has 1 rings (SSSR count). The average Bonchev–Trinajstić information content (AvgIpc) is 2.71. The third-order valence-electron chi connectivity index (χ3n) is 2.36. The highest BCUT2D eigenvalue weighted by Gasteiger charge is 2.32. The van der Waals surface area contributed by atoms with Gasteiger partial charge in [-0.1, -0.05) is 0 Å². The molecule has 1 aliphatic heterocycles. The summed E-state index contributed by atoms with van der Waals surface area (Å²) in [6.45, 7) is -0.239. The Bertz CT molecular complexity index is 380. The van der Waals surface area contributed by atoms with Crippen LogP contribution >= 0.6 is 0 Å². The van der Waals surface area contributed by atoms with E-state index in [1.54, 1.807) is 0 Å². The van der Waals surface area contributed by atoms with Gasteiger partial charge in [-0.2, -0.15) is 0 Å². The molecular formula is C11H16N2O7. The molecule has 0 aromatic carbocycles. The summed E-state index contributed by atoms with van der Waals surface area (Å²) in [5.74, 6) is -2.28. The second kappa shape index (κ2) is 8.23. The van der Waals surface area contributed by atoms with E-state index in [9.17, 15) is 19.2 Å². The minimum atomic E-state index is -0.752. The molecule has 0 spiro atoms. The Balaban J connectivity index is 2.15. The lowest BCUT2D eigenvalue weighted by molar-refractivity contribution is -0.197. The molecule has 1 saturated heterocycles. The van der Waals surface area contributed by atoms with E-state index in [2.05, 4.69) is 15.2 Å². The first-order chi connectivity index (χ1) is 9.54. The number of nitrogens with one attached hydrogen (secondary N) is 1. The number of imide groups is 1. The van der Waals surface area contributed by atoms with Crippen molar-refractivity contribution in [1.29, 1.82) is 0 Å². The average molecular weight is 288 g/mol. The molecule has 0 aliphatic carbocycles. The lowest BCUT2D eigenvalue weighted by Gasteiger charge is -2.12. The number of hydroxylamine groups is 3. The predicted octanol–water partition coefficient (Wildman–Crippen LogP) is -1.20. The van der Waals surface area contributed by atoms with Crippen molar-refractivity contribution >= 4 is 23.7 Å². The largest absolute Gasteiger partial charge is 0.394 e. The van der Waals surface area contributed by atoms with Crippen molar-refractivity contribution in [2.75, 3.05) is 13.2 Å². The van der Waals surface area contributed by atoms with Crippen LogP contribution in [0.4, 0.5) is 0 Å². The summed E-state index contributed by atoms with van der Waals surface area (Å²) in [5.41, 5.74) is 2.07. The first kappa shape index (κ1) is 16.1. The number of carbonyl (C=O) groups is 4. The lowest BCUT2D eigenvalue weighted by atomic mass is 10.2. The number of amides is 3. The molecule has 0 radical (unpaired) electrons. The molecule has 2 N–H and O–H groups in total. The fourth-order valence-electron chi connectivity index (χ4n) is 1.43. The highest BCUT2D eigenvalue weighted by molar-refractivity contribution is 6.01. The Morgan fingerprint density at radius 1 is 1.20 bits per heavy atom. The molecule has 0 unspecified atom stereocenters. The van der Waals surface area contributed by atoms with Gasteiger partial charge in [-0.15, -0.1) is 5.06 Å². The highest BCUT2D eigenvalue weighted by Crippen LogP contribution is 2.13. The smallest absolute Gasteiger partial charge is 0.333 e. The van der Waals surface area contributed by atoms with Crippen LogP contribution in [0.1, 0.15) is 32.1 Å². The van der Waals surface area contributed by atoms with Crippen LogP contribution in [0.3, 0.4) is 0 Å². The summed E-state index contributed by atoms with van der Waals surface area (Å²) >= 11 is 0. The Morgan fingerprint density at radius 2 is 1.85 bits per heavy atom. The zero-order valence-electron chi connectivity index (χ0n) is 10.8. The van der Waals surface area contributed by atoms with E-state index < -0.39 is 23.7 Å². The van der Waals surface area contributed by atoms with E-state index in [0.717, 1.165) is 0 Å². The molecule has 112 valence electrons. The Labute approximate surface area is 114 Å². The second-order valence-electron chi connectivity index (χ2n) is 4.00. The van der Waals surface area contributed by atoms with Crippen molar-refractivity contribution < 1.29 is 34.0 Å². The minimum absolute atomic E-state index is 0.0163. The third-order valence-corrected chi connectivity index (χ3v) is 2.36. The molecule has 0 saturated carbocycles. The maximum atomic E-state index is 11.4. The first-order valence-corrected chi connectivity index (χ1v) is 6.12. The monoisotopic (exact) mass is 288 g/mol. The Kier molecular flexibility index (Phi) is 6.60. The number of carbonyl (C=O) groups excluding carboxylic acids is 4. The lowest BCUT2D eigenvalue weighted by Crippen LogP contribution is -2.32. The molecule has 1 aliphatic rings. The van der Waals surface area contributed by atoms with E-state index in [0.29, 0.717) is 5.06 Å². The number of rotatable bonds is 8.